The first kappa shape index (κ1) is 16.0. The molecule has 3 N–H and O–H groups in total. The van der Waals surface area contributed by atoms with Gasteiger partial charge < -0.3 is 20.2 Å². The second-order valence-corrected chi connectivity index (χ2v) is 3.70. The van der Waals surface area contributed by atoms with Gasteiger partial charge in [-0.05, 0) is 6.92 Å². The van der Waals surface area contributed by atoms with Crippen molar-refractivity contribution in [3.05, 3.63) is 27.7 Å². The number of rotatable bonds is 5. The molecule has 0 fully saturated rings. The highest BCUT2D eigenvalue weighted by atomic mass is 19.4. The minimum Gasteiger partial charge on any atom is -0.466 e. The summed E-state index contributed by atoms with van der Waals surface area (Å²) < 4.78 is 45.1. The van der Waals surface area contributed by atoms with E-state index in [1.54, 1.807) is 6.92 Å². The van der Waals surface area contributed by atoms with E-state index in [0.29, 0.717) is 0 Å². The summed E-state index contributed by atoms with van der Waals surface area (Å²) in [6, 6.07) is 0.911. The van der Waals surface area contributed by atoms with Crippen LogP contribution in [0, 0.1) is 0 Å². The Bertz CT molecular complexity index is 539. The van der Waals surface area contributed by atoms with Crippen LogP contribution in [0.1, 0.15) is 18.2 Å². The lowest BCUT2D eigenvalue weighted by atomic mass is 10.2. The Balaban J connectivity index is 3.11. The number of nitrogens with two attached hydrogens (primary N) is 1. The second kappa shape index (κ2) is 6.42. The maximum absolute atomic E-state index is 12.2. The van der Waals surface area contributed by atoms with Gasteiger partial charge in [-0.2, -0.15) is 0 Å². The Hall–Kier alpha value is -2.03. The number of aromatic nitrogens is 1. The summed E-state index contributed by atoms with van der Waals surface area (Å²) in [5.74, 6) is -1.40. The number of alkyl halides is 3. The average molecular weight is 294 g/mol. The van der Waals surface area contributed by atoms with E-state index >= 15 is 0 Å². The van der Waals surface area contributed by atoms with Crippen molar-refractivity contribution in [2.45, 2.75) is 26.3 Å². The molecule has 0 saturated heterocycles. The topological polar surface area (TPSA) is 94.4 Å². The first-order valence-electron chi connectivity index (χ1n) is 5.63. The maximum Gasteiger partial charge on any atom is 0.573 e. The monoisotopic (exact) mass is 294 g/mol. The van der Waals surface area contributed by atoms with Crippen molar-refractivity contribution in [3.63, 3.8) is 0 Å². The molecule has 9 heteroatoms. The molecule has 0 aromatic carbocycles. The van der Waals surface area contributed by atoms with Crippen LogP contribution in [0.25, 0.3) is 0 Å². The van der Waals surface area contributed by atoms with E-state index in [2.05, 4.69) is 14.5 Å². The highest BCUT2D eigenvalue weighted by Gasteiger charge is 2.32. The van der Waals surface area contributed by atoms with Gasteiger partial charge in [-0.1, -0.05) is 0 Å². The summed E-state index contributed by atoms with van der Waals surface area (Å²) in [6.07, 6.45) is -5.33. The van der Waals surface area contributed by atoms with Crippen molar-refractivity contribution in [3.8, 4) is 5.75 Å². The normalized spacial score (nSPS) is 11.2. The molecule has 112 valence electrons. The molecule has 0 atom stereocenters. The molecule has 1 heterocycles. The van der Waals surface area contributed by atoms with Crippen LogP contribution >= 0.6 is 0 Å². The van der Waals surface area contributed by atoms with E-state index < -0.39 is 30.2 Å². The molecular formula is C11H13F3N2O4. The predicted molar refractivity (Wildman–Crippen MR) is 62.0 cm³/mol. The molecule has 0 bridgehead atoms. The third kappa shape index (κ3) is 4.57. The molecule has 0 saturated carbocycles. The molecule has 0 radical (unpaired) electrons. The molecule has 0 aliphatic rings. The van der Waals surface area contributed by atoms with Crippen LogP contribution in [0.4, 0.5) is 13.2 Å². The first-order chi connectivity index (χ1) is 9.26. The molecular weight excluding hydrogens is 281 g/mol. The van der Waals surface area contributed by atoms with E-state index in [4.69, 9.17) is 5.73 Å². The number of ether oxygens (including phenoxy) is 2. The molecule has 0 amide bonds. The fourth-order valence-electron chi connectivity index (χ4n) is 1.49. The highest BCUT2D eigenvalue weighted by molar-refractivity contribution is 5.72. The second-order valence-electron chi connectivity index (χ2n) is 3.70. The van der Waals surface area contributed by atoms with Gasteiger partial charge in [0.05, 0.1) is 18.6 Å². The predicted octanol–water partition coefficient (Wildman–Crippen LogP) is 0.838. The fraction of sp³-hybridized carbons (Fsp3) is 0.455. The Kier molecular flexibility index (Phi) is 5.14. The van der Waals surface area contributed by atoms with Crippen LogP contribution in [0.2, 0.25) is 0 Å². The van der Waals surface area contributed by atoms with Crippen LogP contribution in [-0.2, 0) is 22.5 Å². The third-order valence-electron chi connectivity index (χ3n) is 2.22. The Morgan fingerprint density at radius 2 is 2.10 bits per heavy atom. The van der Waals surface area contributed by atoms with E-state index in [9.17, 15) is 22.8 Å². The minimum atomic E-state index is -4.96. The Labute approximate surface area is 111 Å². The van der Waals surface area contributed by atoms with Crippen LogP contribution in [0.15, 0.2) is 10.9 Å². The van der Waals surface area contributed by atoms with E-state index in [1.165, 1.54) is 0 Å². The SMILES string of the molecule is CCOC(=O)Cc1cc(OC(F)(F)F)c(CN)c(=O)[nH]1. The van der Waals surface area contributed by atoms with Crippen LogP contribution in [0.5, 0.6) is 5.75 Å². The molecule has 0 aliphatic heterocycles. The van der Waals surface area contributed by atoms with Gasteiger partial charge in [-0.3, -0.25) is 9.59 Å². The zero-order valence-electron chi connectivity index (χ0n) is 10.5. The summed E-state index contributed by atoms with van der Waals surface area (Å²) >= 11 is 0. The lowest BCUT2D eigenvalue weighted by Gasteiger charge is -2.13. The van der Waals surface area contributed by atoms with Gasteiger partial charge in [0, 0.05) is 18.3 Å². The first-order valence-corrected chi connectivity index (χ1v) is 5.63. The maximum atomic E-state index is 12.2. The van der Waals surface area contributed by atoms with Gasteiger partial charge >= 0.3 is 12.3 Å². The molecule has 1 aromatic heterocycles. The molecule has 1 rings (SSSR count). The van der Waals surface area contributed by atoms with Crippen molar-refractivity contribution >= 4 is 5.97 Å². The highest BCUT2D eigenvalue weighted by Crippen LogP contribution is 2.25. The molecule has 6 nitrogen and oxygen atoms in total. The van der Waals surface area contributed by atoms with Crippen molar-refractivity contribution in [1.82, 2.24) is 4.98 Å². The summed E-state index contributed by atoms with van der Waals surface area (Å²) in [4.78, 5) is 25.1. The summed E-state index contributed by atoms with van der Waals surface area (Å²) in [6.45, 7) is 1.27. The molecule has 0 aliphatic carbocycles. The van der Waals surface area contributed by atoms with Crippen molar-refractivity contribution < 1.29 is 27.4 Å². The number of carbonyl (C=O) groups excluding carboxylic acids is 1. The fourth-order valence-corrected chi connectivity index (χ4v) is 1.49. The molecule has 20 heavy (non-hydrogen) atoms. The quantitative estimate of drug-likeness (QED) is 0.785. The number of H-pyrrole nitrogens is 1. The smallest absolute Gasteiger partial charge is 0.466 e. The van der Waals surface area contributed by atoms with E-state index in [1.807, 2.05) is 0 Å². The number of nitrogens with one attached hydrogen (secondary N) is 1. The van der Waals surface area contributed by atoms with Crippen molar-refractivity contribution in [1.29, 1.82) is 0 Å². The minimum absolute atomic E-state index is 0.0510. The third-order valence-corrected chi connectivity index (χ3v) is 2.22. The van der Waals surface area contributed by atoms with Crippen molar-refractivity contribution in [2.24, 2.45) is 5.73 Å². The number of halogens is 3. The number of hydrogen-bond acceptors (Lipinski definition) is 5. The van der Waals surface area contributed by atoms with Gasteiger partial charge in [0.2, 0.25) is 0 Å². The largest absolute Gasteiger partial charge is 0.573 e. The number of pyridine rings is 1. The van der Waals surface area contributed by atoms with Crippen LogP contribution in [-0.4, -0.2) is 23.9 Å². The molecule has 1 aromatic rings. The van der Waals surface area contributed by atoms with E-state index in [-0.39, 0.29) is 24.3 Å². The van der Waals surface area contributed by atoms with Gasteiger partial charge in [0.25, 0.3) is 5.56 Å². The van der Waals surface area contributed by atoms with Gasteiger partial charge in [0.1, 0.15) is 5.75 Å². The van der Waals surface area contributed by atoms with Crippen LogP contribution in [0.3, 0.4) is 0 Å². The average Bonchev–Trinajstić information content (AvgIpc) is 2.26. The summed E-state index contributed by atoms with van der Waals surface area (Å²) in [7, 11) is 0. The van der Waals surface area contributed by atoms with Crippen LogP contribution < -0.4 is 16.0 Å². The summed E-state index contributed by atoms with van der Waals surface area (Å²) in [5, 5.41) is 0. The summed E-state index contributed by atoms with van der Waals surface area (Å²) in [5.41, 5.74) is 3.97. The standard InChI is InChI=1S/C11H13F3N2O4/c1-2-19-9(17)4-6-3-8(20-11(12,13)14)7(5-15)10(18)16-6/h3H,2,4-5,15H2,1H3,(H,16,18). The van der Waals surface area contributed by atoms with Gasteiger partial charge in [-0.15, -0.1) is 13.2 Å². The zero-order valence-corrected chi connectivity index (χ0v) is 10.5. The molecule has 0 spiro atoms. The van der Waals surface area contributed by atoms with Crippen molar-refractivity contribution in [2.75, 3.05) is 6.61 Å². The van der Waals surface area contributed by atoms with E-state index in [0.717, 1.165) is 6.07 Å². The van der Waals surface area contributed by atoms with Gasteiger partial charge in [-0.25, -0.2) is 0 Å². The number of hydrogen-bond donors (Lipinski definition) is 2. The Morgan fingerprint density at radius 1 is 1.45 bits per heavy atom. The Morgan fingerprint density at radius 3 is 2.60 bits per heavy atom. The zero-order chi connectivity index (χ0) is 15.3. The molecule has 0 unspecified atom stereocenters. The lowest BCUT2D eigenvalue weighted by molar-refractivity contribution is -0.275. The lowest BCUT2D eigenvalue weighted by Crippen LogP contribution is -2.25. The number of carbonyl (C=O) groups is 1. The number of aromatic amines is 1. The number of esters is 1. The van der Waals surface area contributed by atoms with Gasteiger partial charge in [0.15, 0.2) is 0 Å².